The highest BCUT2D eigenvalue weighted by Crippen LogP contribution is 2.24. The number of nitrogens with zero attached hydrogens (tertiary/aromatic N) is 1. The van der Waals surface area contributed by atoms with E-state index in [1.54, 1.807) is 4.90 Å². The lowest BCUT2D eigenvalue weighted by atomic mass is 10.2. The normalized spacial score (nSPS) is 10.3. The predicted molar refractivity (Wildman–Crippen MR) is 98.2 cm³/mol. The third-order valence-electron chi connectivity index (χ3n) is 3.73. The Hall–Kier alpha value is -2.91. The van der Waals surface area contributed by atoms with Crippen LogP contribution >= 0.6 is 0 Å². The predicted octanol–water partition coefficient (Wildman–Crippen LogP) is 4.14. The van der Waals surface area contributed by atoms with Gasteiger partial charge in [-0.2, -0.15) is 0 Å². The minimum Gasteiger partial charge on any atom is -0.304 e. The van der Waals surface area contributed by atoms with Crippen molar-refractivity contribution in [3.8, 4) is 0 Å². The van der Waals surface area contributed by atoms with Gasteiger partial charge in [-0.3, -0.25) is 9.69 Å². The quantitative estimate of drug-likeness (QED) is 0.741. The number of amides is 1. The molecule has 0 aliphatic rings. The number of carbonyl (C=O) groups is 1. The van der Waals surface area contributed by atoms with Crippen LogP contribution in [0.2, 0.25) is 0 Å². The van der Waals surface area contributed by atoms with E-state index >= 15 is 0 Å². The first-order valence-electron chi connectivity index (χ1n) is 8.02. The number of benzene rings is 3. The van der Waals surface area contributed by atoms with Gasteiger partial charge in [-0.1, -0.05) is 66.7 Å². The van der Waals surface area contributed by atoms with E-state index in [9.17, 15) is 4.79 Å². The first-order chi connectivity index (χ1) is 11.8. The lowest BCUT2D eigenvalue weighted by molar-refractivity contribution is -0.117. The number of para-hydroxylation sites is 2. The summed E-state index contributed by atoms with van der Waals surface area (Å²) in [5, 5.41) is 3.23. The highest BCUT2D eigenvalue weighted by molar-refractivity contribution is 6.01. The second-order valence-electron chi connectivity index (χ2n) is 5.49. The van der Waals surface area contributed by atoms with Crippen LogP contribution in [-0.2, 0) is 11.3 Å². The van der Waals surface area contributed by atoms with Crippen LogP contribution in [0, 0.1) is 0 Å². The zero-order valence-electron chi connectivity index (χ0n) is 13.4. The number of nitrogens with one attached hydrogen (secondary N) is 1. The summed E-state index contributed by atoms with van der Waals surface area (Å²) < 4.78 is 0. The highest BCUT2D eigenvalue weighted by atomic mass is 16.2. The maximum absolute atomic E-state index is 12.8. The van der Waals surface area contributed by atoms with Crippen LogP contribution in [0.25, 0.3) is 0 Å². The molecule has 0 atom stereocenters. The number of rotatable bonds is 6. The molecule has 1 N–H and O–H groups in total. The van der Waals surface area contributed by atoms with Crippen LogP contribution in [0.1, 0.15) is 5.56 Å². The van der Waals surface area contributed by atoms with Gasteiger partial charge in [0.2, 0.25) is 5.91 Å². The molecule has 0 fully saturated rings. The number of hydrogen-bond acceptors (Lipinski definition) is 2. The molecule has 3 aromatic rings. The van der Waals surface area contributed by atoms with Gasteiger partial charge in [-0.25, -0.2) is 0 Å². The molecule has 3 rings (SSSR count). The summed E-state index contributed by atoms with van der Waals surface area (Å²) in [7, 11) is 0. The van der Waals surface area contributed by atoms with Gasteiger partial charge in [0.1, 0.15) is 0 Å². The third kappa shape index (κ3) is 4.09. The summed E-state index contributed by atoms with van der Waals surface area (Å²) in [4.78, 5) is 14.5. The van der Waals surface area contributed by atoms with Crippen LogP contribution in [0.3, 0.4) is 0 Å². The van der Waals surface area contributed by atoms with Gasteiger partial charge >= 0.3 is 0 Å². The van der Waals surface area contributed by atoms with E-state index in [2.05, 4.69) is 5.32 Å². The summed E-state index contributed by atoms with van der Waals surface area (Å²) in [6.07, 6.45) is 0. The van der Waals surface area contributed by atoms with Crippen LogP contribution in [-0.4, -0.2) is 12.5 Å². The van der Waals surface area contributed by atoms with Crippen molar-refractivity contribution >= 4 is 17.3 Å². The second kappa shape index (κ2) is 8.09. The Kier molecular flexibility index (Phi) is 5.38. The van der Waals surface area contributed by atoms with Gasteiger partial charge < -0.3 is 5.32 Å². The zero-order chi connectivity index (χ0) is 16.6. The molecule has 0 aromatic heterocycles. The molecule has 3 nitrogen and oxygen atoms in total. The SMILES string of the molecule is O=C(CNCc1ccccc1)N(c1ccccc1)c1ccccc1. The van der Waals surface area contributed by atoms with Crippen LogP contribution in [0.15, 0.2) is 91.0 Å². The fraction of sp³-hybridized carbons (Fsp3) is 0.0952. The van der Waals surface area contributed by atoms with Gasteiger partial charge in [0.25, 0.3) is 0 Å². The number of carbonyl (C=O) groups excluding carboxylic acids is 1. The molecule has 0 bridgehead atoms. The molecule has 0 spiro atoms. The Morgan fingerprint density at radius 3 is 1.67 bits per heavy atom. The summed E-state index contributed by atoms with van der Waals surface area (Å²) in [5.41, 5.74) is 2.90. The minimum absolute atomic E-state index is 0.0170. The average Bonchev–Trinajstić information content (AvgIpc) is 2.65. The van der Waals surface area contributed by atoms with Gasteiger partial charge in [-0.15, -0.1) is 0 Å². The average molecular weight is 316 g/mol. The van der Waals surface area contributed by atoms with Gasteiger partial charge in [0.15, 0.2) is 0 Å². The molecule has 3 heteroatoms. The molecular formula is C21H20N2O. The fourth-order valence-corrected chi connectivity index (χ4v) is 2.58. The summed E-state index contributed by atoms with van der Waals surface area (Å²) >= 11 is 0. The first kappa shape index (κ1) is 16.0. The van der Waals surface area contributed by atoms with Crippen LogP contribution < -0.4 is 10.2 Å². The van der Waals surface area contributed by atoms with Crippen molar-refractivity contribution in [3.05, 3.63) is 96.6 Å². The van der Waals surface area contributed by atoms with E-state index in [1.165, 1.54) is 0 Å². The van der Waals surface area contributed by atoms with Gasteiger partial charge in [0.05, 0.1) is 6.54 Å². The molecule has 0 aliphatic carbocycles. The minimum atomic E-state index is 0.0170. The van der Waals surface area contributed by atoms with E-state index in [-0.39, 0.29) is 12.5 Å². The molecule has 0 radical (unpaired) electrons. The highest BCUT2D eigenvalue weighted by Gasteiger charge is 2.17. The maximum atomic E-state index is 12.8. The first-order valence-corrected chi connectivity index (χ1v) is 8.02. The molecule has 0 aliphatic heterocycles. The lowest BCUT2D eigenvalue weighted by Gasteiger charge is -2.23. The Morgan fingerprint density at radius 2 is 1.17 bits per heavy atom. The summed E-state index contributed by atoms with van der Waals surface area (Å²) in [6.45, 7) is 0.947. The molecule has 3 aromatic carbocycles. The lowest BCUT2D eigenvalue weighted by Crippen LogP contribution is -2.35. The second-order valence-corrected chi connectivity index (χ2v) is 5.49. The molecule has 0 saturated heterocycles. The van der Waals surface area contributed by atoms with E-state index in [4.69, 9.17) is 0 Å². The Bertz CT molecular complexity index is 718. The van der Waals surface area contributed by atoms with Crippen molar-refractivity contribution in [1.29, 1.82) is 0 Å². The number of anilines is 2. The Balaban J connectivity index is 1.72. The van der Waals surface area contributed by atoms with Crippen molar-refractivity contribution < 1.29 is 4.79 Å². The molecular weight excluding hydrogens is 296 g/mol. The summed E-state index contributed by atoms with van der Waals surface area (Å²) in [6, 6.07) is 29.5. The van der Waals surface area contributed by atoms with Crippen LogP contribution in [0.4, 0.5) is 11.4 Å². The molecule has 24 heavy (non-hydrogen) atoms. The van der Waals surface area contributed by atoms with Gasteiger partial charge in [-0.05, 0) is 29.8 Å². The Morgan fingerprint density at radius 1 is 0.708 bits per heavy atom. The van der Waals surface area contributed by atoms with Crippen LogP contribution in [0.5, 0.6) is 0 Å². The van der Waals surface area contributed by atoms with E-state index < -0.39 is 0 Å². The van der Waals surface area contributed by atoms with Gasteiger partial charge in [0, 0.05) is 17.9 Å². The topological polar surface area (TPSA) is 32.3 Å². The Labute approximate surface area is 142 Å². The van der Waals surface area contributed by atoms with Crippen molar-refractivity contribution in [3.63, 3.8) is 0 Å². The largest absolute Gasteiger partial charge is 0.304 e. The van der Waals surface area contributed by atoms with Crippen molar-refractivity contribution in [2.75, 3.05) is 11.4 Å². The third-order valence-corrected chi connectivity index (χ3v) is 3.73. The maximum Gasteiger partial charge on any atom is 0.245 e. The smallest absolute Gasteiger partial charge is 0.245 e. The summed E-state index contributed by atoms with van der Waals surface area (Å²) in [5.74, 6) is 0.0170. The standard InChI is InChI=1S/C21H20N2O/c24-21(17-22-16-18-10-4-1-5-11-18)23(19-12-6-2-7-13-19)20-14-8-3-9-15-20/h1-15,22H,16-17H2. The zero-order valence-corrected chi connectivity index (χ0v) is 13.4. The van der Waals surface area contributed by atoms with Crippen molar-refractivity contribution in [2.24, 2.45) is 0 Å². The van der Waals surface area contributed by atoms with Crippen molar-refractivity contribution in [1.82, 2.24) is 5.32 Å². The molecule has 1 amide bonds. The molecule has 0 saturated carbocycles. The van der Waals surface area contributed by atoms with E-state index in [0.717, 1.165) is 16.9 Å². The monoisotopic (exact) mass is 316 g/mol. The number of hydrogen-bond donors (Lipinski definition) is 1. The van der Waals surface area contributed by atoms with Crippen molar-refractivity contribution in [2.45, 2.75) is 6.54 Å². The molecule has 0 heterocycles. The molecule has 120 valence electrons. The fourth-order valence-electron chi connectivity index (χ4n) is 2.58. The van der Waals surface area contributed by atoms with E-state index in [1.807, 2.05) is 91.0 Å². The molecule has 0 unspecified atom stereocenters. The van der Waals surface area contributed by atoms with E-state index in [0.29, 0.717) is 6.54 Å².